The van der Waals surface area contributed by atoms with E-state index in [0.717, 1.165) is 58.1 Å². The second-order valence-electron chi connectivity index (χ2n) is 18.0. The molecule has 6 nitrogen and oxygen atoms in total. The Labute approximate surface area is 379 Å². The number of carboxylic acids is 1. The van der Waals surface area contributed by atoms with Crippen LogP contribution in [0.5, 0.6) is 5.75 Å². The lowest BCUT2D eigenvalue weighted by atomic mass is 9.67. The van der Waals surface area contributed by atoms with Gasteiger partial charge in [-0.15, -0.1) is 6.42 Å². The third-order valence-electron chi connectivity index (χ3n) is 13.6. The van der Waals surface area contributed by atoms with E-state index in [9.17, 15) is 19.5 Å². The molecule has 4 aromatic carbocycles. The lowest BCUT2D eigenvalue weighted by Gasteiger charge is -2.41. The maximum atomic E-state index is 13.8. The predicted octanol–water partition coefficient (Wildman–Crippen LogP) is 11.8. The van der Waals surface area contributed by atoms with E-state index in [-0.39, 0.29) is 11.9 Å². The highest BCUT2D eigenvalue weighted by Gasteiger charge is 2.40. The van der Waals surface area contributed by atoms with Crippen LogP contribution < -0.4 is 4.74 Å². The standard InChI is InChI=1S/C58H58O6/c1-3-5-6-7-43-24-26-49(27-25-43)50-37-40-58(41-38-50,64-57(62)53-32-34-54(35-33-53)63-56(61)52-30-28-51(29-31-52)55(59)60)39-36-48-22-20-47(21-23-48)19-18-46-16-14-45(15-17-46)13-12-44-10-8-42(4-2)9-11-44/h2,8-11,14-17,20-23,32-35,43,49-52H,3,5-7,24-31,37-38,40-41H2,1H3,(H,59,60). The molecule has 3 saturated carbocycles. The van der Waals surface area contributed by atoms with Crippen molar-refractivity contribution in [3.63, 3.8) is 0 Å². The highest BCUT2D eigenvalue weighted by Crippen LogP contribution is 2.44. The minimum atomic E-state index is -0.924. The Balaban J connectivity index is 0.992. The third-order valence-corrected chi connectivity index (χ3v) is 13.6. The summed E-state index contributed by atoms with van der Waals surface area (Å²) < 4.78 is 12.0. The fourth-order valence-corrected chi connectivity index (χ4v) is 9.53. The number of rotatable bonds is 10. The van der Waals surface area contributed by atoms with Crippen LogP contribution >= 0.6 is 0 Å². The fraction of sp³-hybridized carbons (Fsp3) is 0.397. The highest BCUT2D eigenvalue weighted by molar-refractivity contribution is 5.90. The number of unbranched alkanes of at least 4 members (excludes halogenated alkanes) is 2. The van der Waals surface area contributed by atoms with Crippen molar-refractivity contribution in [2.75, 3.05) is 0 Å². The van der Waals surface area contributed by atoms with Crippen LogP contribution in [0.3, 0.4) is 0 Å². The van der Waals surface area contributed by atoms with Crippen LogP contribution in [0.15, 0.2) is 97.1 Å². The van der Waals surface area contributed by atoms with Crippen LogP contribution in [0.4, 0.5) is 0 Å². The first-order valence-corrected chi connectivity index (χ1v) is 23.3. The van der Waals surface area contributed by atoms with E-state index in [0.29, 0.717) is 55.8 Å². The van der Waals surface area contributed by atoms with Crippen LogP contribution in [0.2, 0.25) is 0 Å². The molecule has 0 aromatic heterocycles. The van der Waals surface area contributed by atoms with Crippen LogP contribution in [0, 0.1) is 77.5 Å². The smallest absolute Gasteiger partial charge is 0.339 e. The summed E-state index contributed by atoms with van der Waals surface area (Å²) in [4.78, 5) is 38.0. The maximum absolute atomic E-state index is 13.8. The SMILES string of the molecule is C#Cc1ccc(C#Cc2ccc(C#Cc3ccc(C#CC4(OC(=O)c5ccc(OC(=O)C6CCC(C(=O)O)CC6)cc5)CCC(C5CCC(CCCCC)CC5)CC4)cc3)cc2)cc1. The molecule has 4 aromatic rings. The summed E-state index contributed by atoms with van der Waals surface area (Å²) in [5, 5.41) is 9.30. The Morgan fingerprint density at radius 2 is 1.06 bits per heavy atom. The molecule has 3 fully saturated rings. The summed E-state index contributed by atoms with van der Waals surface area (Å²) in [6, 6.07) is 29.8. The number of benzene rings is 4. The molecule has 0 unspecified atom stereocenters. The molecular formula is C58H58O6. The molecule has 64 heavy (non-hydrogen) atoms. The van der Waals surface area contributed by atoms with Gasteiger partial charge in [-0.3, -0.25) is 9.59 Å². The minimum Gasteiger partial charge on any atom is -0.481 e. The lowest BCUT2D eigenvalue weighted by Crippen LogP contribution is -2.39. The third kappa shape index (κ3) is 12.8. The molecule has 7 rings (SSSR count). The summed E-state index contributed by atoms with van der Waals surface area (Å²) in [5.41, 5.74) is 4.65. The Bertz CT molecular complexity index is 2450. The number of terminal acetylenes is 1. The van der Waals surface area contributed by atoms with Gasteiger partial charge in [0.05, 0.1) is 17.4 Å². The fourth-order valence-electron chi connectivity index (χ4n) is 9.53. The Morgan fingerprint density at radius 3 is 1.55 bits per heavy atom. The highest BCUT2D eigenvalue weighted by atomic mass is 16.6. The first-order chi connectivity index (χ1) is 31.2. The summed E-state index contributed by atoms with van der Waals surface area (Å²) in [6.45, 7) is 2.27. The van der Waals surface area contributed by atoms with E-state index in [4.69, 9.17) is 15.9 Å². The number of hydrogen-bond donors (Lipinski definition) is 1. The summed E-state index contributed by atoms with van der Waals surface area (Å²) in [7, 11) is 0. The molecule has 3 aliphatic carbocycles. The number of ether oxygens (including phenoxy) is 2. The molecule has 326 valence electrons. The van der Waals surface area contributed by atoms with Gasteiger partial charge in [0.15, 0.2) is 5.60 Å². The monoisotopic (exact) mass is 850 g/mol. The van der Waals surface area contributed by atoms with Crippen molar-refractivity contribution < 1.29 is 29.0 Å². The largest absolute Gasteiger partial charge is 0.481 e. The number of carboxylic acid groups (broad SMARTS) is 1. The van der Waals surface area contributed by atoms with Gasteiger partial charge in [-0.05, 0) is 185 Å². The molecule has 0 bridgehead atoms. The van der Waals surface area contributed by atoms with Crippen LogP contribution in [-0.2, 0) is 14.3 Å². The van der Waals surface area contributed by atoms with Crippen LogP contribution in [0.1, 0.15) is 153 Å². The zero-order chi connectivity index (χ0) is 44.7. The number of carbonyl (C=O) groups is 3. The predicted molar refractivity (Wildman–Crippen MR) is 251 cm³/mol. The molecule has 0 aliphatic heterocycles. The molecule has 0 amide bonds. The van der Waals surface area contributed by atoms with Crippen molar-refractivity contribution >= 4 is 17.9 Å². The van der Waals surface area contributed by atoms with Gasteiger partial charge in [0.25, 0.3) is 0 Å². The van der Waals surface area contributed by atoms with Crippen molar-refractivity contribution in [2.45, 2.75) is 115 Å². The van der Waals surface area contributed by atoms with Gasteiger partial charge in [-0.25, -0.2) is 4.79 Å². The van der Waals surface area contributed by atoms with Crippen molar-refractivity contribution in [2.24, 2.45) is 29.6 Å². The maximum Gasteiger partial charge on any atom is 0.339 e. The number of carbonyl (C=O) groups excluding carboxylic acids is 2. The van der Waals surface area contributed by atoms with E-state index in [2.05, 4.69) is 48.4 Å². The number of aliphatic carboxylic acids is 1. The zero-order valence-corrected chi connectivity index (χ0v) is 37.0. The zero-order valence-electron chi connectivity index (χ0n) is 37.0. The molecule has 0 saturated heterocycles. The van der Waals surface area contributed by atoms with Crippen LogP contribution in [-0.4, -0.2) is 28.6 Å². The summed E-state index contributed by atoms with van der Waals surface area (Å²) >= 11 is 0. The van der Waals surface area contributed by atoms with Gasteiger partial charge in [-0.2, -0.15) is 0 Å². The van der Waals surface area contributed by atoms with Gasteiger partial charge in [0, 0.05) is 33.4 Å². The van der Waals surface area contributed by atoms with Gasteiger partial charge in [0.1, 0.15) is 5.75 Å². The Kier molecular flexibility index (Phi) is 15.8. The van der Waals surface area contributed by atoms with Gasteiger partial charge >= 0.3 is 17.9 Å². The second-order valence-corrected chi connectivity index (χ2v) is 18.0. The lowest BCUT2D eigenvalue weighted by molar-refractivity contribution is -0.146. The quantitative estimate of drug-likeness (QED) is 0.0740. The van der Waals surface area contributed by atoms with Crippen molar-refractivity contribution in [1.29, 1.82) is 0 Å². The van der Waals surface area contributed by atoms with E-state index >= 15 is 0 Å². The molecule has 0 radical (unpaired) electrons. The van der Waals surface area contributed by atoms with Crippen molar-refractivity contribution in [3.05, 3.63) is 136 Å². The molecule has 0 spiro atoms. The molecular weight excluding hydrogens is 793 g/mol. The normalized spacial score (nSPS) is 22.7. The number of hydrogen-bond acceptors (Lipinski definition) is 5. The summed E-state index contributed by atoms with van der Waals surface area (Å²) in [6.07, 6.45) is 21.2. The molecule has 1 N–H and O–H groups in total. The number of esters is 2. The first-order valence-electron chi connectivity index (χ1n) is 23.3. The topological polar surface area (TPSA) is 89.9 Å². The van der Waals surface area contributed by atoms with Gasteiger partial charge in [-0.1, -0.05) is 81.0 Å². The van der Waals surface area contributed by atoms with E-state index in [1.807, 2.05) is 72.8 Å². The second kappa shape index (κ2) is 22.2. The average molecular weight is 851 g/mol. The van der Waals surface area contributed by atoms with Crippen LogP contribution in [0.25, 0.3) is 0 Å². The first kappa shape index (κ1) is 45.6. The molecule has 3 aliphatic rings. The van der Waals surface area contributed by atoms with Gasteiger partial charge in [0.2, 0.25) is 0 Å². The molecule has 6 heteroatoms. The van der Waals surface area contributed by atoms with Gasteiger partial charge < -0.3 is 14.6 Å². The average Bonchev–Trinajstić information content (AvgIpc) is 3.33. The molecule has 0 heterocycles. The van der Waals surface area contributed by atoms with E-state index < -0.39 is 23.5 Å². The Morgan fingerprint density at radius 1 is 0.594 bits per heavy atom. The Hall–Kier alpha value is -6.47. The van der Waals surface area contributed by atoms with E-state index in [1.54, 1.807) is 24.3 Å². The summed E-state index contributed by atoms with van der Waals surface area (Å²) in [5.74, 6) is 22.4. The van der Waals surface area contributed by atoms with E-state index in [1.165, 1.54) is 51.4 Å². The minimum absolute atomic E-state index is 0.334. The van der Waals surface area contributed by atoms with Crippen molar-refractivity contribution in [1.82, 2.24) is 0 Å². The van der Waals surface area contributed by atoms with Crippen molar-refractivity contribution in [3.8, 4) is 53.6 Å². The molecule has 0 atom stereocenters.